The summed E-state index contributed by atoms with van der Waals surface area (Å²) in [5.41, 5.74) is 0. The summed E-state index contributed by atoms with van der Waals surface area (Å²) < 4.78 is 4.72. The van der Waals surface area contributed by atoms with E-state index < -0.39 is 12.4 Å². The van der Waals surface area contributed by atoms with Gasteiger partial charge in [-0.25, -0.2) is 14.8 Å². The van der Waals surface area contributed by atoms with Gasteiger partial charge >= 0.3 is 6.16 Å². The second kappa shape index (κ2) is 4.50. The number of thiol groups is 1. The summed E-state index contributed by atoms with van der Waals surface area (Å²) in [7, 11) is 0. The molecule has 0 radical (unpaired) electrons. The minimum atomic E-state index is -1.34. The zero-order valence-corrected chi connectivity index (χ0v) is 9.60. The molecule has 1 amide bonds. The number of carbonyl (C=O) groups is 2. The van der Waals surface area contributed by atoms with Crippen LogP contribution in [-0.4, -0.2) is 52.3 Å². The molecule has 2 heterocycles. The maximum Gasteiger partial charge on any atom is 0.507 e. The summed E-state index contributed by atoms with van der Waals surface area (Å²) in [4.78, 5) is 22.4. The lowest BCUT2D eigenvalue weighted by Crippen LogP contribution is -2.52. The van der Waals surface area contributed by atoms with Crippen molar-refractivity contribution in [1.82, 2.24) is 10.0 Å². The van der Waals surface area contributed by atoms with Gasteiger partial charge in [0.2, 0.25) is 5.91 Å². The molecule has 0 saturated carbocycles. The number of ether oxygens (including phenoxy) is 1. The van der Waals surface area contributed by atoms with Gasteiger partial charge < -0.3 is 9.84 Å². The van der Waals surface area contributed by atoms with Gasteiger partial charge in [-0.2, -0.15) is 12.6 Å². The standard InChI is InChI=1S/C9H14N2O4S/c12-8-6(5-16)4-10-3-1-2-7(11(8)10)15-9(13)14/h6-7,16H,1-5H2,(H,13,14). The average molecular weight is 246 g/mol. The molecule has 2 unspecified atom stereocenters. The first kappa shape index (κ1) is 11.5. The monoisotopic (exact) mass is 246 g/mol. The zero-order valence-electron chi connectivity index (χ0n) is 8.70. The highest BCUT2D eigenvalue weighted by atomic mass is 32.1. The van der Waals surface area contributed by atoms with Crippen LogP contribution in [0.2, 0.25) is 0 Å². The molecule has 2 rings (SSSR count). The van der Waals surface area contributed by atoms with Gasteiger partial charge in [0.1, 0.15) is 0 Å². The van der Waals surface area contributed by atoms with Crippen LogP contribution >= 0.6 is 12.6 Å². The Morgan fingerprint density at radius 1 is 1.62 bits per heavy atom. The Balaban J connectivity index is 2.11. The number of hydrogen-bond acceptors (Lipinski definition) is 5. The van der Waals surface area contributed by atoms with Gasteiger partial charge in [-0.1, -0.05) is 0 Å². The first-order valence-electron chi connectivity index (χ1n) is 5.22. The van der Waals surface area contributed by atoms with Crippen LogP contribution in [0.25, 0.3) is 0 Å². The zero-order chi connectivity index (χ0) is 11.7. The number of carboxylic acid groups (broad SMARTS) is 1. The molecule has 90 valence electrons. The first-order valence-corrected chi connectivity index (χ1v) is 5.85. The van der Waals surface area contributed by atoms with Crippen LogP contribution in [-0.2, 0) is 9.53 Å². The lowest BCUT2D eigenvalue weighted by molar-refractivity contribution is -0.174. The van der Waals surface area contributed by atoms with Crippen LogP contribution in [0.1, 0.15) is 12.8 Å². The lowest BCUT2D eigenvalue weighted by Gasteiger charge is -2.37. The van der Waals surface area contributed by atoms with Crippen LogP contribution in [0.3, 0.4) is 0 Å². The summed E-state index contributed by atoms with van der Waals surface area (Å²) in [6, 6.07) is 0. The molecule has 2 aliphatic rings. The normalized spacial score (nSPS) is 30.3. The Kier molecular flexibility index (Phi) is 3.25. The van der Waals surface area contributed by atoms with E-state index in [1.807, 2.05) is 5.01 Å². The van der Waals surface area contributed by atoms with Crippen molar-refractivity contribution >= 4 is 24.7 Å². The molecule has 0 spiro atoms. The topological polar surface area (TPSA) is 70.1 Å². The number of hydrogen-bond donors (Lipinski definition) is 2. The van der Waals surface area contributed by atoms with E-state index in [-0.39, 0.29) is 11.8 Å². The third kappa shape index (κ3) is 1.97. The molecule has 0 aliphatic carbocycles. The summed E-state index contributed by atoms with van der Waals surface area (Å²) >= 11 is 4.12. The maximum absolute atomic E-state index is 11.9. The SMILES string of the molecule is O=C(O)OC1CCCN2CC(CS)C(=O)N12. The van der Waals surface area contributed by atoms with Crippen LogP contribution in [0.5, 0.6) is 0 Å². The Labute approximate surface area is 98.5 Å². The van der Waals surface area contributed by atoms with Gasteiger partial charge in [-0.15, -0.1) is 0 Å². The highest BCUT2D eigenvalue weighted by Gasteiger charge is 2.44. The molecule has 0 aromatic rings. The highest BCUT2D eigenvalue weighted by Crippen LogP contribution is 2.28. The molecule has 2 fully saturated rings. The minimum Gasteiger partial charge on any atom is -0.450 e. The van der Waals surface area contributed by atoms with Crippen LogP contribution in [0, 0.1) is 5.92 Å². The van der Waals surface area contributed by atoms with E-state index in [0.717, 1.165) is 13.0 Å². The molecule has 6 nitrogen and oxygen atoms in total. The Morgan fingerprint density at radius 3 is 3.00 bits per heavy atom. The van der Waals surface area contributed by atoms with Gasteiger partial charge in [-0.3, -0.25) is 4.79 Å². The Bertz CT molecular complexity index is 312. The van der Waals surface area contributed by atoms with Crippen LogP contribution in [0.15, 0.2) is 0 Å². The lowest BCUT2D eigenvalue weighted by atomic mass is 10.2. The van der Waals surface area contributed by atoms with Crippen molar-refractivity contribution < 1.29 is 19.4 Å². The molecule has 0 aromatic heterocycles. The fraction of sp³-hybridized carbons (Fsp3) is 0.778. The first-order chi connectivity index (χ1) is 7.63. The van der Waals surface area contributed by atoms with E-state index in [9.17, 15) is 9.59 Å². The Hall–Kier alpha value is -0.950. The molecule has 1 N–H and O–H groups in total. The van der Waals surface area contributed by atoms with Crippen molar-refractivity contribution in [2.24, 2.45) is 5.92 Å². The van der Waals surface area contributed by atoms with E-state index in [1.54, 1.807) is 0 Å². The second-order valence-electron chi connectivity index (χ2n) is 3.96. The third-order valence-electron chi connectivity index (χ3n) is 2.91. The molecule has 2 atom stereocenters. The predicted molar refractivity (Wildman–Crippen MR) is 57.9 cm³/mol. The number of nitrogens with zero attached hydrogens (tertiary/aromatic N) is 2. The highest BCUT2D eigenvalue weighted by molar-refractivity contribution is 7.80. The minimum absolute atomic E-state index is 0.0825. The third-order valence-corrected chi connectivity index (χ3v) is 3.35. The van der Waals surface area contributed by atoms with E-state index in [4.69, 9.17) is 9.84 Å². The number of carbonyl (C=O) groups excluding carboxylic acids is 1. The van der Waals surface area contributed by atoms with Crippen LogP contribution in [0.4, 0.5) is 4.79 Å². The van der Waals surface area contributed by atoms with E-state index >= 15 is 0 Å². The van der Waals surface area contributed by atoms with Gasteiger partial charge in [-0.05, 0) is 6.42 Å². The average Bonchev–Trinajstić information content (AvgIpc) is 2.56. The van der Waals surface area contributed by atoms with Crippen LogP contribution < -0.4 is 0 Å². The van der Waals surface area contributed by atoms with Gasteiger partial charge in [0.05, 0.1) is 5.92 Å². The quantitative estimate of drug-likeness (QED) is 0.545. The van der Waals surface area contributed by atoms with Crippen molar-refractivity contribution in [3.63, 3.8) is 0 Å². The number of fused-ring (bicyclic) bond motifs is 1. The number of hydrazine groups is 1. The predicted octanol–water partition coefficient (Wildman–Crippen LogP) is 0.406. The van der Waals surface area contributed by atoms with Gasteiger partial charge in [0, 0.05) is 25.3 Å². The van der Waals surface area contributed by atoms with E-state index in [2.05, 4.69) is 12.6 Å². The number of amides is 1. The molecule has 2 aliphatic heterocycles. The van der Waals surface area contributed by atoms with E-state index in [0.29, 0.717) is 18.7 Å². The number of rotatable bonds is 2. The summed E-state index contributed by atoms with van der Waals surface area (Å²) in [6.45, 7) is 1.39. The summed E-state index contributed by atoms with van der Waals surface area (Å²) in [6.07, 6.45) is -0.605. The second-order valence-corrected chi connectivity index (χ2v) is 4.32. The van der Waals surface area contributed by atoms with Gasteiger partial charge in [0.15, 0.2) is 6.23 Å². The molecule has 0 aromatic carbocycles. The van der Waals surface area contributed by atoms with Crippen molar-refractivity contribution in [2.75, 3.05) is 18.8 Å². The van der Waals surface area contributed by atoms with E-state index in [1.165, 1.54) is 5.01 Å². The van der Waals surface area contributed by atoms with Crippen molar-refractivity contribution in [3.8, 4) is 0 Å². The smallest absolute Gasteiger partial charge is 0.450 e. The Morgan fingerprint density at radius 2 is 2.38 bits per heavy atom. The summed E-state index contributed by atoms with van der Waals surface area (Å²) in [5.74, 6) is 0.244. The van der Waals surface area contributed by atoms with Crippen molar-refractivity contribution in [3.05, 3.63) is 0 Å². The molecule has 16 heavy (non-hydrogen) atoms. The molecular weight excluding hydrogens is 232 g/mol. The summed E-state index contributed by atoms with van der Waals surface area (Å²) in [5, 5.41) is 11.9. The fourth-order valence-corrected chi connectivity index (χ4v) is 2.47. The fourth-order valence-electron chi connectivity index (χ4n) is 2.20. The molecule has 0 bridgehead atoms. The largest absolute Gasteiger partial charge is 0.507 e. The molecule has 2 saturated heterocycles. The molecular formula is C9H14N2O4S. The maximum atomic E-state index is 11.9. The molecule has 7 heteroatoms. The van der Waals surface area contributed by atoms with Crippen molar-refractivity contribution in [1.29, 1.82) is 0 Å². The van der Waals surface area contributed by atoms with Gasteiger partial charge in [0.25, 0.3) is 0 Å². The van der Waals surface area contributed by atoms with Crippen molar-refractivity contribution in [2.45, 2.75) is 19.1 Å².